The van der Waals surface area contributed by atoms with Crippen LogP contribution in [-0.4, -0.2) is 57.3 Å². The normalized spacial score (nSPS) is 14.0. The molecule has 0 aromatic heterocycles. The zero-order chi connectivity index (χ0) is 43.8. The molecule has 4 atom stereocenters. The third-order valence-electron chi connectivity index (χ3n) is 12.6. The number of unbranched alkanes of at least 4 members (excludes halogenated alkanes) is 36. The summed E-state index contributed by atoms with van der Waals surface area (Å²) in [6.07, 6.45) is 58.1. The predicted molar refractivity (Wildman–Crippen MR) is 261 cm³/mol. The molecule has 0 aliphatic carbocycles. The maximum Gasteiger partial charge on any atom is 0.249 e. The average Bonchev–Trinajstić information content (AvgIpc) is 3.25. The van der Waals surface area contributed by atoms with Crippen molar-refractivity contribution in [1.82, 2.24) is 5.32 Å². The molecular formula is C54H105NO5. The maximum absolute atomic E-state index is 12.6. The van der Waals surface area contributed by atoms with Gasteiger partial charge in [-0.25, -0.2) is 0 Å². The van der Waals surface area contributed by atoms with Crippen molar-refractivity contribution in [1.29, 1.82) is 0 Å². The van der Waals surface area contributed by atoms with Gasteiger partial charge in [-0.2, -0.15) is 0 Å². The zero-order valence-electron chi connectivity index (χ0n) is 40.2. The van der Waals surface area contributed by atoms with Crippen LogP contribution in [0.3, 0.4) is 0 Å². The molecule has 6 nitrogen and oxygen atoms in total. The van der Waals surface area contributed by atoms with E-state index in [0.717, 1.165) is 38.5 Å². The van der Waals surface area contributed by atoms with Crippen molar-refractivity contribution in [2.24, 2.45) is 0 Å². The largest absolute Gasteiger partial charge is 0.394 e. The Kier molecular flexibility index (Phi) is 47.8. The molecule has 0 aliphatic heterocycles. The summed E-state index contributed by atoms with van der Waals surface area (Å²) in [5.74, 6) is -0.593. The number of nitrogens with one attached hydrogen (secondary N) is 1. The van der Waals surface area contributed by atoms with Crippen LogP contribution in [0.4, 0.5) is 0 Å². The molecule has 0 bridgehead atoms. The Labute approximate surface area is 374 Å². The number of amides is 1. The smallest absolute Gasteiger partial charge is 0.249 e. The molecular weight excluding hydrogens is 743 g/mol. The number of allylic oxidation sites excluding steroid dienone is 4. The Morgan fingerprint density at radius 1 is 0.400 bits per heavy atom. The van der Waals surface area contributed by atoms with Crippen molar-refractivity contribution in [3.63, 3.8) is 0 Å². The summed E-state index contributed by atoms with van der Waals surface area (Å²) in [5, 5.41) is 43.9. The third kappa shape index (κ3) is 42.1. The van der Waals surface area contributed by atoms with Crippen molar-refractivity contribution in [2.45, 2.75) is 308 Å². The second-order valence-electron chi connectivity index (χ2n) is 18.6. The molecule has 4 unspecified atom stereocenters. The van der Waals surface area contributed by atoms with Crippen molar-refractivity contribution in [3.05, 3.63) is 24.3 Å². The zero-order valence-corrected chi connectivity index (χ0v) is 40.2. The molecule has 0 radical (unpaired) electrons. The second kappa shape index (κ2) is 48.8. The van der Waals surface area contributed by atoms with Gasteiger partial charge in [0.15, 0.2) is 0 Å². The summed E-state index contributed by atoms with van der Waals surface area (Å²) in [5.41, 5.74) is 0. The van der Waals surface area contributed by atoms with Gasteiger partial charge in [0, 0.05) is 0 Å². The summed E-state index contributed by atoms with van der Waals surface area (Å²) in [7, 11) is 0. The quantitative estimate of drug-likeness (QED) is 0.0309. The van der Waals surface area contributed by atoms with E-state index in [2.05, 4.69) is 43.5 Å². The van der Waals surface area contributed by atoms with Crippen LogP contribution in [0.1, 0.15) is 284 Å². The maximum atomic E-state index is 12.6. The first-order chi connectivity index (χ1) is 29.5. The molecule has 0 aromatic rings. The van der Waals surface area contributed by atoms with Gasteiger partial charge >= 0.3 is 0 Å². The van der Waals surface area contributed by atoms with Gasteiger partial charge in [-0.05, 0) is 64.2 Å². The minimum absolute atomic E-state index is 0.360. The van der Waals surface area contributed by atoms with Gasteiger partial charge in [0.2, 0.25) is 5.91 Å². The molecule has 0 rings (SSSR count). The highest BCUT2D eigenvalue weighted by Crippen LogP contribution is 2.17. The fourth-order valence-corrected chi connectivity index (χ4v) is 8.40. The summed E-state index contributed by atoms with van der Waals surface area (Å²) >= 11 is 0. The topological polar surface area (TPSA) is 110 Å². The molecule has 60 heavy (non-hydrogen) atoms. The Hall–Kier alpha value is -1.21. The molecule has 5 N–H and O–H groups in total. The predicted octanol–water partition coefficient (Wildman–Crippen LogP) is 15.1. The van der Waals surface area contributed by atoms with E-state index in [4.69, 9.17) is 0 Å². The fraction of sp³-hybridized carbons (Fsp3) is 0.907. The molecule has 6 heteroatoms. The lowest BCUT2D eigenvalue weighted by Gasteiger charge is -2.27. The number of hydrogen-bond acceptors (Lipinski definition) is 5. The van der Waals surface area contributed by atoms with E-state index in [1.54, 1.807) is 0 Å². The minimum Gasteiger partial charge on any atom is -0.394 e. The van der Waals surface area contributed by atoms with Crippen LogP contribution in [0.5, 0.6) is 0 Å². The lowest BCUT2D eigenvalue weighted by molar-refractivity contribution is -0.132. The Morgan fingerprint density at radius 2 is 0.683 bits per heavy atom. The van der Waals surface area contributed by atoms with Gasteiger partial charge in [0.1, 0.15) is 12.2 Å². The van der Waals surface area contributed by atoms with E-state index in [1.807, 2.05) is 0 Å². The monoisotopic (exact) mass is 848 g/mol. The van der Waals surface area contributed by atoms with Gasteiger partial charge in [0.05, 0.1) is 18.8 Å². The Morgan fingerprint density at radius 3 is 1.00 bits per heavy atom. The SMILES string of the molecule is CCCCCCCCCCCCCC/C=C\CCCCCCCCCC(O)C(=O)NC(CO)C(O)C(O)CCC/C=C/CCCCCCCCCCCCCCCCCC. The van der Waals surface area contributed by atoms with Crippen LogP contribution in [0.15, 0.2) is 24.3 Å². The lowest BCUT2D eigenvalue weighted by atomic mass is 10.00. The number of aliphatic hydroxyl groups is 4. The Balaban J connectivity index is 3.69. The van der Waals surface area contributed by atoms with Crippen LogP contribution in [0.2, 0.25) is 0 Å². The van der Waals surface area contributed by atoms with Gasteiger partial charge < -0.3 is 25.7 Å². The lowest BCUT2D eigenvalue weighted by Crippen LogP contribution is -2.53. The van der Waals surface area contributed by atoms with Crippen molar-refractivity contribution in [3.8, 4) is 0 Å². The molecule has 0 spiro atoms. The molecule has 356 valence electrons. The van der Waals surface area contributed by atoms with Crippen LogP contribution < -0.4 is 5.32 Å². The van der Waals surface area contributed by atoms with Crippen LogP contribution in [0, 0.1) is 0 Å². The first-order valence-electron chi connectivity index (χ1n) is 26.7. The first kappa shape index (κ1) is 58.8. The summed E-state index contributed by atoms with van der Waals surface area (Å²) in [6, 6.07) is -1.00. The number of hydrogen-bond donors (Lipinski definition) is 5. The minimum atomic E-state index is -1.28. The first-order valence-corrected chi connectivity index (χ1v) is 26.7. The molecule has 0 aromatic carbocycles. The molecule has 0 saturated heterocycles. The average molecular weight is 848 g/mol. The van der Waals surface area contributed by atoms with Crippen LogP contribution >= 0.6 is 0 Å². The number of rotatable bonds is 49. The van der Waals surface area contributed by atoms with E-state index in [9.17, 15) is 25.2 Å². The highest BCUT2D eigenvalue weighted by atomic mass is 16.3. The molecule has 1 amide bonds. The van der Waals surface area contributed by atoms with Gasteiger partial charge in [0.25, 0.3) is 0 Å². The standard InChI is InChI=1S/C54H105NO5/c1-3-5-7-9-11-13-15-17-19-21-23-25-26-28-30-32-34-36-38-40-42-44-46-48-52(58)54(60)55-50(49-56)53(59)51(57)47-45-43-41-39-37-35-33-31-29-27-24-22-20-18-16-14-12-10-8-6-4-2/h28,30,39,41,50-53,56-59H,3-27,29,31-38,40,42-49H2,1-2H3,(H,55,60)/b30-28-,41-39+. The van der Waals surface area contributed by atoms with E-state index >= 15 is 0 Å². The summed E-state index contributed by atoms with van der Waals surface area (Å²) in [6.45, 7) is 4.07. The number of carbonyl (C=O) groups excluding carboxylic acids is 1. The highest BCUT2D eigenvalue weighted by molar-refractivity contribution is 5.80. The van der Waals surface area contributed by atoms with Crippen molar-refractivity contribution >= 4 is 5.91 Å². The van der Waals surface area contributed by atoms with Gasteiger partial charge in [-0.15, -0.1) is 0 Å². The summed E-state index contributed by atoms with van der Waals surface area (Å²) in [4.78, 5) is 12.6. The number of aliphatic hydroxyl groups excluding tert-OH is 4. The fourth-order valence-electron chi connectivity index (χ4n) is 8.40. The third-order valence-corrected chi connectivity index (χ3v) is 12.6. The van der Waals surface area contributed by atoms with Gasteiger partial charge in [-0.3, -0.25) is 4.79 Å². The van der Waals surface area contributed by atoms with E-state index in [1.165, 1.54) is 218 Å². The van der Waals surface area contributed by atoms with Gasteiger partial charge in [-0.1, -0.05) is 244 Å². The molecule has 0 saturated carbocycles. The summed E-state index contributed by atoms with van der Waals surface area (Å²) < 4.78 is 0. The highest BCUT2D eigenvalue weighted by Gasteiger charge is 2.28. The van der Waals surface area contributed by atoms with Crippen molar-refractivity contribution in [2.75, 3.05) is 6.61 Å². The van der Waals surface area contributed by atoms with Crippen molar-refractivity contribution < 1.29 is 25.2 Å². The van der Waals surface area contributed by atoms with E-state index < -0.39 is 36.9 Å². The number of carbonyl (C=O) groups is 1. The van der Waals surface area contributed by atoms with E-state index in [0.29, 0.717) is 12.8 Å². The van der Waals surface area contributed by atoms with Crippen LogP contribution in [0.25, 0.3) is 0 Å². The molecule has 0 heterocycles. The molecule has 0 fully saturated rings. The Bertz CT molecular complexity index is 909. The second-order valence-corrected chi connectivity index (χ2v) is 18.6. The molecule has 0 aliphatic rings. The van der Waals surface area contributed by atoms with Crippen LogP contribution in [-0.2, 0) is 4.79 Å². The van der Waals surface area contributed by atoms with E-state index in [-0.39, 0.29) is 0 Å².